The highest BCUT2D eigenvalue weighted by Crippen LogP contribution is 2.25. The fraction of sp³-hybridized carbons (Fsp3) is 0.455. The molecule has 0 aliphatic heterocycles. The number of nitrogens with two attached hydrogens (primary N) is 1. The standard InChI is InChI=1S/C11H13F5N2/c12-7-3-4-8(17)10(9(7)13)18-6-2-1-5-11(14,15)16/h3-4,18H,1-2,5-6,17H2. The van der Waals surface area contributed by atoms with Crippen molar-refractivity contribution in [3.05, 3.63) is 23.8 Å². The van der Waals surface area contributed by atoms with Gasteiger partial charge in [0.2, 0.25) is 0 Å². The van der Waals surface area contributed by atoms with Gasteiger partial charge in [0, 0.05) is 13.0 Å². The SMILES string of the molecule is Nc1ccc(F)c(F)c1NCCCCC(F)(F)F. The van der Waals surface area contributed by atoms with Gasteiger partial charge in [-0.05, 0) is 25.0 Å². The van der Waals surface area contributed by atoms with Crippen LogP contribution in [-0.2, 0) is 0 Å². The van der Waals surface area contributed by atoms with Crippen molar-refractivity contribution in [2.75, 3.05) is 17.6 Å². The van der Waals surface area contributed by atoms with Gasteiger partial charge in [0.1, 0.15) is 0 Å². The first-order chi connectivity index (χ1) is 8.31. The number of hydrogen-bond acceptors (Lipinski definition) is 2. The maximum absolute atomic E-state index is 13.3. The Morgan fingerprint density at radius 1 is 1.11 bits per heavy atom. The lowest BCUT2D eigenvalue weighted by atomic mass is 10.2. The van der Waals surface area contributed by atoms with Gasteiger partial charge >= 0.3 is 6.18 Å². The Morgan fingerprint density at radius 2 is 1.78 bits per heavy atom. The summed E-state index contributed by atoms with van der Waals surface area (Å²) in [7, 11) is 0. The first kappa shape index (κ1) is 14.5. The van der Waals surface area contributed by atoms with Gasteiger partial charge in [-0.3, -0.25) is 0 Å². The van der Waals surface area contributed by atoms with Crippen LogP contribution in [0.1, 0.15) is 19.3 Å². The molecule has 0 aliphatic carbocycles. The lowest BCUT2D eigenvalue weighted by Crippen LogP contribution is -2.10. The molecule has 1 aromatic carbocycles. The Morgan fingerprint density at radius 3 is 2.39 bits per heavy atom. The van der Waals surface area contributed by atoms with Crippen molar-refractivity contribution in [2.45, 2.75) is 25.4 Å². The normalized spacial score (nSPS) is 11.6. The van der Waals surface area contributed by atoms with Crippen LogP contribution in [0.4, 0.5) is 33.3 Å². The van der Waals surface area contributed by atoms with E-state index in [0.29, 0.717) is 0 Å². The number of halogens is 5. The van der Waals surface area contributed by atoms with Crippen LogP contribution in [0.3, 0.4) is 0 Å². The number of rotatable bonds is 5. The summed E-state index contributed by atoms with van der Waals surface area (Å²) in [5.41, 5.74) is 5.24. The van der Waals surface area contributed by atoms with E-state index < -0.39 is 24.2 Å². The fourth-order valence-corrected chi connectivity index (χ4v) is 1.41. The Labute approximate surface area is 101 Å². The number of alkyl halides is 3. The zero-order valence-corrected chi connectivity index (χ0v) is 9.45. The van der Waals surface area contributed by atoms with Crippen LogP contribution in [0.25, 0.3) is 0 Å². The third-order valence-electron chi connectivity index (χ3n) is 2.32. The molecule has 0 bridgehead atoms. The van der Waals surface area contributed by atoms with Gasteiger partial charge < -0.3 is 11.1 Å². The molecule has 0 atom stereocenters. The Kier molecular flexibility index (Phi) is 4.75. The molecule has 3 N–H and O–H groups in total. The highest BCUT2D eigenvalue weighted by Gasteiger charge is 2.25. The third kappa shape index (κ3) is 4.38. The largest absolute Gasteiger partial charge is 0.397 e. The summed E-state index contributed by atoms with van der Waals surface area (Å²) in [6.45, 7) is 0.0979. The maximum Gasteiger partial charge on any atom is 0.389 e. The minimum atomic E-state index is -4.19. The molecule has 102 valence electrons. The number of hydrogen-bond donors (Lipinski definition) is 2. The summed E-state index contributed by atoms with van der Waals surface area (Å²) in [6, 6.07) is 2.08. The van der Waals surface area contributed by atoms with Crippen molar-refractivity contribution < 1.29 is 22.0 Å². The smallest absolute Gasteiger partial charge is 0.389 e. The summed E-state index contributed by atoms with van der Waals surface area (Å²) in [5, 5.41) is 2.50. The van der Waals surface area contributed by atoms with E-state index >= 15 is 0 Å². The lowest BCUT2D eigenvalue weighted by molar-refractivity contribution is -0.135. The monoisotopic (exact) mass is 268 g/mol. The first-order valence-electron chi connectivity index (χ1n) is 5.35. The topological polar surface area (TPSA) is 38.0 Å². The van der Waals surface area contributed by atoms with Gasteiger partial charge in [0.15, 0.2) is 11.6 Å². The number of nitrogen functional groups attached to an aromatic ring is 1. The van der Waals surface area contributed by atoms with Crippen LogP contribution >= 0.6 is 0 Å². The minimum Gasteiger partial charge on any atom is -0.397 e. The molecular weight excluding hydrogens is 255 g/mol. The van der Waals surface area contributed by atoms with E-state index in [1.54, 1.807) is 0 Å². The third-order valence-corrected chi connectivity index (χ3v) is 2.32. The number of nitrogens with one attached hydrogen (secondary N) is 1. The van der Waals surface area contributed by atoms with E-state index in [1.165, 1.54) is 6.07 Å². The molecule has 0 heterocycles. The molecule has 0 spiro atoms. The summed E-state index contributed by atoms with van der Waals surface area (Å²) >= 11 is 0. The molecule has 1 aromatic rings. The van der Waals surface area contributed by atoms with Crippen LogP contribution < -0.4 is 11.1 Å². The van der Waals surface area contributed by atoms with Crippen molar-refractivity contribution >= 4 is 11.4 Å². The van der Waals surface area contributed by atoms with Crippen LogP contribution in [0, 0.1) is 11.6 Å². The molecular formula is C11H13F5N2. The zero-order valence-electron chi connectivity index (χ0n) is 9.45. The number of unbranched alkanes of at least 4 members (excludes halogenated alkanes) is 1. The molecule has 18 heavy (non-hydrogen) atoms. The molecule has 1 rings (SSSR count). The minimum absolute atomic E-state index is 0.0183. The van der Waals surface area contributed by atoms with E-state index in [9.17, 15) is 22.0 Å². The van der Waals surface area contributed by atoms with Gasteiger partial charge in [-0.1, -0.05) is 0 Å². The average molecular weight is 268 g/mol. The van der Waals surface area contributed by atoms with Gasteiger partial charge in [-0.25, -0.2) is 8.78 Å². The zero-order chi connectivity index (χ0) is 13.8. The van der Waals surface area contributed by atoms with E-state index in [-0.39, 0.29) is 30.8 Å². The second kappa shape index (κ2) is 5.88. The maximum atomic E-state index is 13.3. The quantitative estimate of drug-likeness (QED) is 0.485. The molecule has 0 amide bonds. The van der Waals surface area contributed by atoms with Crippen molar-refractivity contribution in [2.24, 2.45) is 0 Å². The summed E-state index contributed by atoms with van der Waals surface area (Å²) in [6.07, 6.45) is -4.97. The predicted molar refractivity (Wildman–Crippen MR) is 59.2 cm³/mol. The van der Waals surface area contributed by atoms with Gasteiger partial charge in [-0.2, -0.15) is 13.2 Å². The summed E-state index contributed by atoms with van der Waals surface area (Å²) in [5.74, 6) is -2.17. The Balaban J connectivity index is 2.43. The fourth-order valence-electron chi connectivity index (χ4n) is 1.41. The molecule has 0 radical (unpaired) electrons. The molecule has 0 aliphatic rings. The second-order valence-corrected chi connectivity index (χ2v) is 3.82. The van der Waals surface area contributed by atoms with Crippen molar-refractivity contribution in [1.82, 2.24) is 0 Å². The second-order valence-electron chi connectivity index (χ2n) is 3.82. The summed E-state index contributed by atoms with van der Waals surface area (Å²) < 4.78 is 61.6. The lowest BCUT2D eigenvalue weighted by Gasteiger charge is -2.11. The summed E-state index contributed by atoms with van der Waals surface area (Å²) in [4.78, 5) is 0. The van der Waals surface area contributed by atoms with E-state index in [4.69, 9.17) is 5.73 Å². The van der Waals surface area contributed by atoms with Gasteiger partial charge in [0.05, 0.1) is 11.4 Å². The van der Waals surface area contributed by atoms with Crippen LogP contribution in [0.15, 0.2) is 12.1 Å². The predicted octanol–water partition coefficient (Wildman–Crippen LogP) is 3.69. The molecule has 0 saturated heterocycles. The van der Waals surface area contributed by atoms with Crippen molar-refractivity contribution in [3.8, 4) is 0 Å². The molecule has 0 saturated carbocycles. The molecule has 0 fully saturated rings. The van der Waals surface area contributed by atoms with Crippen LogP contribution in [-0.4, -0.2) is 12.7 Å². The van der Waals surface area contributed by atoms with E-state index in [1.807, 2.05) is 0 Å². The van der Waals surface area contributed by atoms with Crippen LogP contribution in [0.2, 0.25) is 0 Å². The van der Waals surface area contributed by atoms with Gasteiger partial charge in [-0.15, -0.1) is 0 Å². The van der Waals surface area contributed by atoms with Crippen molar-refractivity contribution in [1.29, 1.82) is 0 Å². The molecule has 0 aromatic heterocycles. The molecule has 2 nitrogen and oxygen atoms in total. The number of anilines is 2. The molecule has 7 heteroatoms. The highest BCUT2D eigenvalue weighted by atomic mass is 19.4. The Bertz CT molecular complexity index is 403. The van der Waals surface area contributed by atoms with Crippen molar-refractivity contribution in [3.63, 3.8) is 0 Å². The van der Waals surface area contributed by atoms with Gasteiger partial charge in [0.25, 0.3) is 0 Å². The van der Waals surface area contributed by atoms with E-state index in [2.05, 4.69) is 5.32 Å². The first-order valence-corrected chi connectivity index (χ1v) is 5.35. The highest BCUT2D eigenvalue weighted by molar-refractivity contribution is 5.66. The van der Waals surface area contributed by atoms with E-state index in [0.717, 1.165) is 6.07 Å². The average Bonchev–Trinajstić information content (AvgIpc) is 2.26. The number of benzene rings is 1. The van der Waals surface area contributed by atoms with Crippen LogP contribution in [0.5, 0.6) is 0 Å². The Hall–Kier alpha value is -1.53. The molecule has 0 unspecified atom stereocenters.